The van der Waals surface area contributed by atoms with E-state index in [0.717, 1.165) is 42.9 Å². The molecule has 37 heavy (non-hydrogen) atoms. The van der Waals surface area contributed by atoms with E-state index in [-0.39, 0.29) is 17.5 Å². The molecule has 6 rings (SSSR count). The second kappa shape index (κ2) is 9.25. The van der Waals surface area contributed by atoms with Crippen LogP contribution < -0.4 is 0 Å². The summed E-state index contributed by atoms with van der Waals surface area (Å²) >= 11 is 0. The Morgan fingerprint density at radius 2 is 1.76 bits per heavy atom. The number of allylic oxidation sites excluding steroid dienone is 2. The van der Waals surface area contributed by atoms with Gasteiger partial charge in [-0.05, 0) is 97.0 Å². The van der Waals surface area contributed by atoms with Gasteiger partial charge in [-0.2, -0.15) is 0 Å². The summed E-state index contributed by atoms with van der Waals surface area (Å²) in [5.41, 5.74) is 3.16. The molecule has 1 aromatic rings. The molecule has 202 valence electrons. The fraction of sp³-hybridized carbons (Fsp3) is 0.735. The summed E-state index contributed by atoms with van der Waals surface area (Å²) in [6.45, 7) is 12.5. The van der Waals surface area contributed by atoms with E-state index in [0.29, 0.717) is 22.8 Å². The van der Waals surface area contributed by atoms with E-state index in [1.54, 1.807) is 5.57 Å². The second-order valence-electron chi connectivity index (χ2n) is 14.4. The third kappa shape index (κ3) is 4.23. The molecule has 3 saturated carbocycles. The zero-order valence-electron chi connectivity index (χ0n) is 23.8. The number of carbonyl (C=O) groups is 1. The van der Waals surface area contributed by atoms with Crippen molar-refractivity contribution in [3.8, 4) is 0 Å². The molecule has 3 heteroatoms. The largest absolute Gasteiger partial charge is 0.427 e. The average Bonchev–Trinajstić information content (AvgIpc) is 3.41. The molecule has 0 radical (unpaired) electrons. The van der Waals surface area contributed by atoms with E-state index in [9.17, 15) is 4.79 Å². The van der Waals surface area contributed by atoms with Gasteiger partial charge in [-0.3, -0.25) is 0 Å². The van der Waals surface area contributed by atoms with Gasteiger partial charge in [0.2, 0.25) is 5.79 Å². The lowest BCUT2D eigenvalue weighted by atomic mass is 9.47. The van der Waals surface area contributed by atoms with Crippen molar-refractivity contribution in [3.05, 3.63) is 47.5 Å². The normalized spacial score (nSPS) is 42.6. The highest BCUT2D eigenvalue weighted by atomic mass is 16.8. The van der Waals surface area contributed by atoms with E-state index in [1.807, 2.05) is 30.3 Å². The van der Waals surface area contributed by atoms with Crippen LogP contribution in [0.2, 0.25) is 0 Å². The van der Waals surface area contributed by atoms with Crippen molar-refractivity contribution < 1.29 is 14.3 Å². The van der Waals surface area contributed by atoms with Gasteiger partial charge in [0.25, 0.3) is 0 Å². The van der Waals surface area contributed by atoms with E-state index in [4.69, 9.17) is 9.47 Å². The fourth-order valence-electron chi connectivity index (χ4n) is 9.72. The van der Waals surface area contributed by atoms with Crippen LogP contribution >= 0.6 is 0 Å². The molecule has 4 aliphatic carbocycles. The van der Waals surface area contributed by atoms with E-state index in [1.165, 1.54) is 44.9 Å². The number of esters is 1. The van der Waals surface area contributed by atoms with Crippen LogP contribution in [0.1, 0.15) is 109 Å². The quantitative estimate of drug-likeness (QED) is 0.212. The molecule has 1 aliphatic heterocycles. The highest BCUT2D eigenvalue weighted by molar-refractivity contribution is 5.89. The summed E-state index contributed by atoms with van der Waals surface area (Å²) in [4.78, 5) is 12.8. The van der Waals surface area contributed by atoms with Gasteiger partial charge in [-0.1, -0.05) is 83.7 Å². The summed E-state index contributed by atoms with van der Waals surface area (Å²) in [6.07, 6.45) is 15.4. The third-order valence-electron chi connectivity index (χ3n) is 11.9. The molecule has 1 heterocycles. The van der Waals surface area contributed by atoms with E-state index in [2.05, 4.69) is 40.7 Å². The van der Waals surface area contributed by atoms with E-state index < -0.39 is 5.79 Å². The zero-order valence-corrected chi connectivity index (χ0v) is 23.8. The van der Waals surface area contributed by atoms with Crippen molar-refractivity contribution in [1.29, 1.82) is 0 Å². The molecule has 0 bridgehead atoms. The molecule has 0 amide bonds. The Hall–Kier alpha value is -1.61. The summed E-state index contributed by atoms with van der Waals surface area (Å²) < 4.78 is 12.3. The Morgan fingerprint density at radius 1 is 1.00 bits per heavy atom. The van der Waals surface area contributed by atoms with Gasteiger partial charge in [0.05, 0.1) is 5.56 Å². The lowest BCUT2D eigenvalue weighted by molar-refractivity contribution is -0.0667. The number of fused-ring (bicyclic) bond motifs is 6. The van der Waals surface area contributed by atoms with Crippen molar-refractivity contribution in [2.45, 2.75) is 111 Å². The smallest absolute Gasteiger partial charge is 0.340 e. The lowest BCUT2D eigenvalue weighted by Crippen LogP contribution is -2.51. The first-order valence-corrected chi connectivity index (χ1v) is 15.3. The predicted octanol–water partition coefficient (Wildman–Crippen LogP) is 8.59. The molecule has 4 fully saturated rings. The van der Waals surface area contributed by atoms with Gasteiger partial charge in [0, 0.05) is 6.42 Å². The number of epoxide rings is 1. The van der Waals surface area contributed by atoms with Crippen LogP contribution in [0.4, 0.5) is 0 Å². The highest BCUT2D eigenvalue weighted by Gasteiger charge is 2.70. The minimum atomic E-state index is -0.685. The fourth-order valence-corrected chi connectivity index (χ4v) is 9.72. The van der Waals surface area contributed by atoms with Crippen LogP contribution in [-0.2, 0) is 9.47 Å². The Bertz CT molecular complexity index is 1040. The number of hydrogen-bond acceptors (Lipinski definition) is 3. The van der Waals surface area contributed by atoms with Crippen molar-refractivity contribution in [2.24, 2.45) is 46.3 Å². The average molecular weight is 505 g/mol. The lowest BCUT2D eigenvalue weighted by Gasteiger charge is -2.57. The molecular formula is C34H48O3. The first kappa shape index (κ1) is 25.7. The summed E-state index contributed by atoms with van der Waals surface area (Å²) in [7, 11) is 0. The number of carbonyl (C=O) groups excluding carboxylic acids is 1. The zero-order chi connectivity index (χ0) is 26.0. The Kier molecular flexibility index (Phi) is 6.41. The Morgan fingerprint density at radius 3 is 2.51 bits per heavy atom. The maximum Gasteiger partial charge on any atom is 0.340 e. The van der Waals surface area contributed by atoms with Crippen molar-refractivity contribution >= 4 is 5.97 Å². The van der Waals surface area contributed by atoms with Crippen LogP contribution in [0.25, 0.3) is 0 Å². The highest BCUT2D eigenvalue weighted by Crippen LogP contribution is 2.69. The first-order chi connectivity index (χ1) is 17.7. The number of benzene rings is 1. The number of rotatable bonds is 7. The molecule has 1 aromatic carbocycles. The molecule has 1 saturated heterocycles. The maximum absolute atomic E-state index is 12.8. The van der Waals surface area contributed by atoms with Gasteiger partial charge < -0.3 is 9.47 Å². The van der Waals surface area contributed by atoms with Crippen LogP contribution in [0.3, 0.4) is 0 Å². The topological polar surface area (TPSA) is 38.8 Å². The van der Waals surface area contributed by atoms with Crippen molar-refractivity contribution in [1.82, 2.24) is 0 Å². The number of hydrogen-bond donors (Lipinski definition) is 0. The molecule has 0 N–H and O–H groups in total. The molecule has 9 atom stereocenters. The standard InChI is InChI=1S/C34H48O3/c1-22(2)10-9-11-23(3)27-16-17-28-26-15-14-25-20-34(37-31(35)24-12-7-6-8-13-24)30(36-34)21-33(25,5)29(26)18-19-32(27,28)4/h6-8,12-13,15,22-23,25,27-30H,9-11,14,16-21H2,1-5H3/t23-,25?,27-,28+,29+,30?,32-,33+,34?/m1/s1. The molecule has 3 unspecified atom stereocenters. The van der Waals surface area contributed by atoms with Crippen molar-refractivity contribution in [2.75, 3.05) is 0 Å². The van der Waals surface area contributed by atoms with Gasteiger partial charge in [0.15, 0.2) is 0 Å². The molecule has 5 aliphatic rings. The minimum Gasteiger partial charge on any atom is -0.427 e. The van der Waals surface area contributed by atoms with Crippen LogP contribution in [0, 0.1) is 46.3 Å². The van der Waals surface area contributed by atoms with Crippen molar-refractivity contribution in [3.63, 3.8) is 0 Å². The van der Waals surface area contributed by atoms with Gasteiger partial charge >= 0.3 is 5.97 Å². The van der Waals surface area contributed by atoms with Gasteiger partial charge in [-0.25, -0.2) is 4.79 Å². The SMILES string of the molecule is CC(C)CCC[C@@H](C)[C@H]1CC[C@H]2C3=CCC4CC5(OC(=O)c6ccccc6)OC5C[C@]4(C)[C@H]3CC[C@]12C. The summed E-state index contributed by atoms with van der Waals surface area (Å²) in [6, 6.07) is 9.37. The van der Waals surface area contributed by atoms with Crippen LogP contribution in [0.5, 0.6) is 0 Å². The first-order valence-electron chi connectivity index (χ1n) is 15.3. The van der Waals surface area contributed by atoms with Gasteiger partial charge in [-0.15, -0.1) is 0 Å². The minimum absolute atomic E-state index is 0.0615. The molecule has 0 aromatic heterocycles. The summed E-state index contributed by atoms with van der Waals surface area (Å²) in [5, 5.41) is 0. The Labute approximate surface area is 224 Å². The monoisotopic (exact) mass is 504 g/mol. The third-order valence-corrected chi connectivity index (χ3v) is 11.9. The number of ether oxygens (including phenoxy) is 2. The van der Waals surface area contributed by atoms with E-state index >= 15 is 0 Å². The Balaban J connectivity index is 1.16. The molecule has 3 nitrogen and oxygen atoms in total. The van der Waals surface area contributed by atoms with Crippen LogP contribution in [-0.4, -0.2) is 17.9 Å². The summed E-state index contributed by atoms with van der Waals surface area (Å²) in [5.74, 6) is 3.58. The maximum atomic E-state index is 12.8. The molecular weight excluding hydrogens is 456 g/mol. The second-order valence-corrected chi connectivity index (χ2v) is 14.4. The van der Waals surface area contributed by atoms with Crippen LogP contribution in [0.15, 0.2) is 42.0 Å². The molecule has 0 spiro atoms. The predicted molar refractivity (Wildman–Crippen MR) is 148 cm³/mol. The van der Waals surface area contributed by atoms with Gasteiger partial charge in [0.1, 0.15) is 6.10 Å².